The van der Waals surface area contributed by atoms with Gasteiger partial charge in [-0.2, -0.15) is 0 Å². The third-order valence-electron chi connectivity index (χ3n) is 2.84. The van der Waals surface area contributed by atoms with Crippen LogP contribution in [0.1, 0.15) is 5.82 Å². The lowest BCUT2D eigenvalue weighted by Crippen LogP contribution is -2.04. The van der Waals surface area contributed by atoms with Gasteiger partial charge in [0.25, 0.3) is 0 Å². The first-order chi connectivity index (χ1) is 9.83. The lowest BCUT2D eigenvalue weighted by Gasteiger charge is -2.05. The van der Waals surface area contributed by atoms with Crippen molar-refractivity contribution < 1.29 is 4.74 Å². The third-order valence-corrected chi connectivity index (χ3v) is 2.84. The summed E-state index contributed by atoms with van der Waals surface area (Å²) in [5.41, 5.74) is 1.51. The van der Waals surface area contributed by atoms with Crippen LogP contribution in [0.4, 0.5) is 0 Å². The van der Waals surface area contributed by atoms with Crippen molar-refractivity contribution in [1.82, 2.24) is 24.7 Å². The summed E-state index contributed by atoms with van der Waals surface area (Å²) < 4.78 is 7.44. The quantitative estimate of drug-likeness (QED) is 0.721. The van der Waals surface area contributed by atoms with Crippen LogP contribution >= 0.6 is 0 Å². The molecule has 0 radical (unpaired) electrons. The van der Waals surface area contributed by atoms with E-state index in [0.29, 0.717) is 12.5 Å². The van der Waals surface area contributed by atoms with Gasteiger partial charge < -0.3 is 9.30 Å². The first-order valence-corrected chi connectivity index (χ1v) is 6.17. The molecule has 100 valence electrons. The molecule has 0 aliphatic heterocycles. The number of hydrogen-bond acceptors (Lipinski definition) is 5. The number of ether oxygens (including phenoxy) is 1. The van der Waals surface area contributed by atoms with Crippen molar-refractivity contribution in [2.45, 2.75) is 6.61 Å². The molecule has 20 heavy (non-hydrogen) atoms. The van der Waals surface area contributed by atoms with Crippen molar-refractivity contribution >= 4 is 0 Å². The summed E-state index contributed by atoms with van der Waals surface area (Å²) >= 11 is 0. The molecular formula is C14H13N5O. The fourth-order valence-electron chi connectivity index (χ4n) is 1.72. The average Bonchev–Trinajstić information content (AvgIpc) is 2.92. The van der Waals surface area contributed by atoms with E-state index in [1.807, 2.05) is 42.1 Å². The first-order valence-electron chi connectivity index (χ1n) is 6.17. The molecule has 0 unspecified atom stereocenters. The Balaban J connectivity index is 1.69. The number of aromatic nitrogens is 5. The van der Waals surface area contributed by atoms with E-state index in [-0.39, 0.29) is 0 Å². The third kappa shape index (κ3) is 2.64. The molecule has 0 N–H and O–H groups in total. The Hall–Kier alpha value is -2.76. The minimum atomic E-state index is 0.362. The van der Waals surface area contributed by atoms with Gasteiger partial charge in [-0.15, -0.1) is 10.2 Å². The highest BCUT2D eigenvalue weighted by Crippen LogP contribution is 2.15. The largest absolute Gasteiger partial charge is 0.468 e. The second-order valence-electron chi connectivity index (χ2n) is 4.21. The average molecular weight is 267 g/mol. The minimum absolute atomic E-state index is 0.362. The lowest BCUT2D eigenvalue weighted by atomic mass is 10.2. The highest BCUT2D eigenvalue weighted by molar-refractivity contribution is 5.52. The van der Waals surface area contributed by atoms with E-state index in [0.717, 1.165) is 17.2 Å². The molecule has 6 heteroatoms. The Morgan fingerprint density at radius 1 is 1.00 bits per heavy atom. The predicted molar refractivity (Wildman–Crippen MR) is 72.8 cm³/mol. The van der Waals surface area contributed by atoms with Gasteiger partial charge in [0.15, 0.2) is 0 Å². The molecule has 0 aromatic carbocycles. The second-order valence-corrected chi connectivity index (χ2v) is 4.21. The minimum Gasteiger partial charge on any atom is -0.468 e. The molecule has 0 atom stereocenters. The molecule has 3 aromatic rings. The molecule has 0 aliphatic carbocycles. The van der Waals surface area contributed by atoms with Crippen LogP contribution in [-0.2, 0) is 13.7 Å². The fraction of sp³-hybridized carbons (Fsp3) is 0.143. The van der Waals surface area contributed by atoms with Gasteiger partial charge in [0, 0.05) is 31.7 Å². The van der Waals surface area contributed by atoms with Gasteiger partial charge in [-0.25, -0.2) is 4.98 Å². The molecule has 0 saturated carbocycles. The first kappa shape index (κ1) is 12.3. The monoisotopic (exact) mass is 267 g/mol. The van der Waals surface area contributed by atoms with Gasteiger partial charge in [0.05, 0.1) is 5.69 Å². The number of aryl methyl sites for hydroxylation is 1. The summed E-state index contributed by atoms with van der Waals surface area (Å²) in [5, 5.41) is 8.14. The summed E-state index contributed by atoms with van der Waals surface area (Å²) in [6, 6.07) is 9.28. The smallest absolute Gasteiger partial charge is 0.233 e. The molecule has 3 heterocycles. The van der Waals surface area contributed by atoms with Crippen LogP contribution in [0.3, 0.4) is 0 Å². The number of rotatable bonds is 4. The van der Waals surface area contributed by atoms with Crippen molar-refractivity contribution in [3.8, 4) is 17.3 Å². The van der Waals surface area contributed by atoms with Gasteiger partial charge in [-0.05, 0) is 18.2 Å². The van der Waals surface area contributed by atoms with Crippen LogP contribution in [0.5, 0.6) is 5.88 Å². The Kier molecular flexibility index (Phi) is 3.36. The van der Waals surface area contributed by atoms with Crippen molar-refractivity contribution in [2.75, 3.05) is 0 Å². The summed E-state index contributed by atoms with van der Waals surface area (Å²) in [4.78, 5) is 8.40. The zero-order valence-corrected chi connectivity index (χ0v) is 11.0. The van der Waals surface area contributed by atoms with E-state index >= 15 is 0 Å². The van der Waals surface area contributed by atoms with Crippen molar-refractivity contribution in [3.05, 3.63) is 54.7 Å². The Bertz CT molecular complexity index is 678. The van der Waals surface area contributed by atoms with E-state index in [2.05, 4.69) is 20.2 Å². The van der Waals surface area contributed by atoms with E-state index in [4.69, 9.17) is 4.74 Å². The zero-order chi connectivity index (χ0) is 13.8. The van der Waals surface area contributed by atoms with E-state index in [9.17, 15) is 0 Å². The van der Waals surface area contributed by atoms with E-state index in [1.165, 1.54) is 0 Å². The van der Waals surface area contributed by atoms with Crippen LogP contribution in [-0.4, -0.2) is 24.7 Å². The predicted octanol–water partition coefficient (Wildman–Crippen LogP) is 1.85. The van der Waals surface area contributed by atoms with Gasteiger partial charge in [0.1, 0.15) is 18.1 Å². The maximum absolute atomic E-state index is 5.54. The van der Waals surface area contributed by atoms with Crippen LogP contribution in [0.15, 0.2) is 48.9 Å². The van der Waals surface area contributed by atoms with Gasteiger partial charge in [-0.1, -0.05) is 6.07 Å². The van der Waals surface area contributed by atoms with Gasteiger partial charge in [0.2, 0.25) is 5.88 Å². The maximum Gasteiger partial charge on any atom is 0.233 e. The summed E-state index contributed by atoms with van der Waals surface area (Å²) in [6.07, 6.45) is 5.32. The molecule has 3 aromatic heterocycles. The number of nitrogens with zero attached hydrogens (tertiary/aromatic N) is 5. The topological polar surface area (TPSA) is 65.7 Å². The summed E-state index contributed by atoms with van der Waals surface area (Å²) in [6.45, 7) is 0.362. The SMILES string of the molecule is Cn1ccnc1COc1ccc(-c2ccccn2)nn1. The van der Waals surface area contributed by atoms with Crippen molar-refractivity contribution in [2.24, 2.45) is 7.05 Å². The summed E-state index contributed by atoms with van der Waals surface area (Å²) in [5.74, 6) is 1.30. The van der Waals surface area contributed by atoms with E-state index in [1.54, 1.807) is 18.5 Å². The molecule has 0 aliphatic rings. The van der Waals surface area contributed by atoms with Crippen molar-refractivity contribution in [3.63, 3.8) is 0 Å². The lowest BCUT2D eigenvalue weighted by molar-refractivity contribution is 0.277. The zero-order valence-electron chi connectivity index (χ0n) is 11.0. The normalized spacial score (nSPS) is 10.4. The van der Waals surface area contributed by atoms with Crippen LogP contribution in [0, 0.1) is 0 Å². The summed E-state index contributed by atoms with van der Waals surface area (Å²) in [7, 11) is 1.92. The molecule has 6 nitrogen and oxygen atoms in total. The molecule has 0 spiro atoms. The standard InChI is InChI=1S/C14H13N5O/c1-19-9-8-16-13(19)10-20-14-6-5-12(17-18-14)11-4-2-3-7-15-11/h2-9H,10H2,1H3. The van der Waals surface area contributed by atoms with Crippen molar-refractivity contribution in [1.29, 1.82) is 0 Å². The van der Waals surface area contributed by atoms with Crippen LogP contribution < -0.4 is 4.74 Å². The van der Waals surface area contributed by atoms with Crippen LogP contribution in [0.2, 0.25) is 0 Å². The van der Waals surface area contributed by atoms with Gasteiger partial charge >= 0.3 is 0 Å². The fourth-order valence-corrected chi connectivity index (χ4v) is 1.72. The Morgan fingerprint density at radius 2 is 1.95 bits per heavy atom. The Labute approximate surface area is 116 Å². The highest BCUT2D eigenvalue weighted by Gasteiger charge is 2.04. The molecule has 0 saturated heterocycles. The second kappa shape index (κ2) is 5.48. The Morgan fingerprint density at radius 3 is 2.60 bits per heavy atom. The molecule has 0 fully saturated rings. The maximum atomic E-state index is 5.54. The number of imidazole rings is 1. The molecule has 0 bridgehead atoms. The number of pyridine rings is 1. The van der Waals surface area contributed by atoms with Gasteiger partial charge in [-0.3, -0.25) is 4.98 Å². The number of hydrogen-bond donors (Lipinski definition) is 0. The molecule has 0 amide bonds. The van der Waals surface area contributed by atoms with E-state index < -0.39 is 0 Å². The molecule has 3 rings (SSSR count). The highest BCUT2D eigenvalue weighted by atomic mass is 16.5. The van der Waals surface area contributed by atoms with Crippen LogP contribution in [0.25, 0.3) is 11.4 Å². The molecular weight excluding hydrogens is 254 g/mol.